The number of nitrogens with one attached hydrogen (secondary N) is 1. The third kappa shape index (κ3) is 5.03. The fourth-order valence-corrected chi connectivity index (χ4v) is 6.83. The van der Waals surface area contributed by atoms with E-state index in [-0.39, 0.29) is 16.9 Å². The van der Waals surface area contributed by atoms with Crippen LogP contribution < -0.4 is 15.6 Å². The Hall–Kier alpha value is -3.70. The lowest BCUT2D eigenvalue weighted by molar-refractivity contribution is -0.384. The van der Waals surface area contributed by atoms with Crippen molar-refractivity contribution in [3.05, 3.63) is 79.4 Å². The number of non-ortho nitro benzene ring substituents is 1. The topological polar surface area (TPSA) is 116 Å². The van der Waals surface area contributed by atoms with Gasteiger partial charge in [0.1, 0.15) is 10.6 Å². The molecule has 2 aromatic heterocycles. The molecule has 0 bridgehead atoms. The summed E-state index contributed by atoms with van der Waals surface area (Å²) in [5.74, 6) is -0.0910. The number of aryl methyl sites for hydroxylation is 2. The van der Waals surface area contributed by atoms with E-state index in [9.17, 15) is 19.7 Å². The average Bonchev–Trinajstić information content (AvgIpc) is 3.10. The number of thioether (sulfide) groups is 1. The highest BCUT2D eigenvalue weighted by atomic mass is 32.2. The van der Waals surface area contributed by atoms with Gasteiger partial charge in [0, 0.05) is 17.0 Å². The normalized spacial score (nSPS) is 13.9. The number of hydrogen-bond donors (Lipinski definition) is 1. The number of thiophene rings is 1. The van der Waals surface area contributed by atoms with Crippen LogP contribution in [0, 0.1) is 10.1 Å². The summed E-state index contributed by atoms with van der Waals surface area (Å²) in [4.78, 5) is 44.7. The summed E-state index contributed by atoms with van der Waals surface area (Å²) in [6, 6.07) is 13.3. The molecule has 2 heterocycles. The van der Waals surface area contributed by atoms with Crippen LogP contribution in [0.1, 0.15) is 36.6 Å². The lowest BCUT2D eigenvalue weighted by atomic mass is 10.1. The third-order valence-electron chi connectivity index (χ3n) is 6.53. The maximum Gasteiger partial charge on any atom is 0.271 e. The van der Waals surface area contributed by atoms with E-state index in [1.807, 2.05) is 30.3 Å². The van der Waals surface area contributed by atoms with Crippen LogP contribution in [0.25, 0.3) is 15.9 Å². The van der Waals surface area contributed by atoms with Crippen LogP contribution in [0.4, 0.5) is 11.4 Å². The Bertz CT molecular complexity index is 1580. The number of methoxy groups -OCH3 is 1. The maximum atomic E-state index is 14.0. The molecule has 0 saturated carbocycles. The molecule has 0 fully saturated rings. The number of rotatable bonds is 7. The van der Waals surface area contributed by atoms with Gasteiger partial charge in [0.15, 0.2) is 5.16 Å². The number of nitro groups is 1. The number of nitrogens with zero attached hydrogens (tertiary/aromatic N) is 3. The van der Waals surface area contributed by atoms with Crippen molar-refractivity contribution in [2.24, 2.45) is 0 Å². The Balaban J connectivity index is 1.53. The predicted molar refractivity (Wildman–Crippen MR) is 150 cm³/mol. The zero-order valence-electron chi connectivity index (χ0n) is 20.9. The number of benzene rings is 2. The number of carbonyl (C=O) groups is 1. The van der Waals surface area contributed by atoms with Gasteiger partial charge in [0.2, 0.25) is 5.91 Å². The molecule has 0 radical (unpaired) electrons. The number of amides is 1. The number of fused-ring (bicyclic) bond motifs is 3. The van der Waals surface area contributed by atoms with E-state index in [1.165, 1.54) is 41.9 Å². The van der Waals surface area contributed by atoms with E-state index < -0.39 is 16.1 Å². The standard InChI is InChI=1S/C27H26N4O5S2/c1-16(24(32)28-20-15-18(31(34)35)13-14-21(20)36-2)37-27-29-25-23(19-11-7-4-8-12-22(19)38-25)26(33)30(27)17-9-5-3-6-10-17/h3,5-6,9-10,13-16H,4,7-8,11-12H2,1-2H3,(H,28,32)/t16-/m0/s1. The van der Waals surface area contributed by atoms with Crippen LogP contribution >= 0.6 is 23.1 Å². The number of carbonyl (C=O) groups excluding carboxylic acids is 1. The quantitative estimate of drug-likeness (QED) is 0.102. The summed E-state index contributed by atoms with van der Waals surface area (Å²) in [5.41, 5.74) is 1.70. The highest BCUT2D eigenvalue weighted by Crippen LogP contribution is 2.36. The molecule has 0 spiro atoms. The molecule has 1 aliphatic carbocycles. The van der Waals surface area contributed by atoms with E-state index in [1.54, 1.807) is 22.8 Å². The minimum atomic E-state index is -0.670. The van der Waals surface area contributed by atoms with Gasteiger partial charge in [-0.3, -0.25) is 24.3 Å². The fraction of sp³-hybridized carbons (Fsp3) is 0.296. The average molecular weight is 551 g/mol. The fourth-order valence-electron chi connectivity index (χ4n) is 4.60. The number of aromatic nitrogens is 2. The molecule has 1 atom stereocenters. The molecule has 1 amide bonds. The van der Waals surface area contributed by atoms with Crippen LogP contribution in [-0.4, -0.2) is 32.7 Å². The van der Waals surface area contributed by atoms with Gasteiger partial charge in [-0.2, -0.15) is 0 Å². The van der Waals surface area contributed by atoms with Crippen LogP contribution in [0.3, 0.4) is 0 Å². The Morgan fingerprint density at radius 1 is 1.18 bits per heavy atom. The lowest BCUT2D eigenvalue weighted by Crippen LogP contribution is -2.26. The van der Waals surface area contributed by atoms with E-state index in [2.05, 4.69) is 5.32 Å². The van der Waals surface area contributed by atoms with Gasteiger partial charge < -0.3 is 10.1 Å². The minimum absolute atomic E-state index is 0.129. The summed E-state index contributed by atoms with van der Waals surface area (Å²) in [5, 5.41) is 14.4. The number of nitro benzene ring substituents is 1. The predicted octanol–water partition coefficient (Wildman–Crippen LogP) is 5.75. The van der Waals surface area contributed by atoms with Crippen LogP contribution in [0.2, 0.25) is 0 Å². The summed E-state index contributed by atoms with van der Waals surface area (Å²) in [6.07, 6.45) is 5.13. The van der Waals surface area contributed by atoms with Gasteiger partial charge in [0.25, 0.3) is 11.2 Å². The van der Waals surface area contributed by atoms with E-state index in [4.69, 9.17) is 9.72 Å². The molecular formula is C27H26N4O5S2. The molecule has 0 unspecified atom stereocenters. The van der Waals surface area contributed by atoms with Crippen molar-refractivity contribution < 1.29 is 14.5 Å². The monoisotopic (exact) mass is 550 g/mol. The first-order valence-electron chi connectivity index (χ1n) is 12.3. The SMILES string of the molecule is COc1ccc([N+](=O)[O-])cc1NC(=O)[C@H](C)Sc1nc2sc3c(c2c(=O)n1-c1ccccc1)CCCCC3. The molecule has 5 rings (SSSR count). The Morgan fingerprint density at radius 3 is 2.68 bits per heavy atom. The third-order valence-corrected chi connectivity index (χ3v) is 8.76. The lowest BCUT2D eigenvalue weighted by Gasteiger charge is -2.17. The second kappa shape index (κ2) is 11.0. The highest BCUT2D eigenvalue weighted by Gasteiger charge is 2.25. The molecule has 196 valence electrons. The van der Waals surface area contributed by atoms with Crippen LogP contribution in [-0.2, 0) is 17.6 Å². The second-order valence-corrected chi connectivity index (χ2v) is 11.4. The molecule has 38 heavy (non-hydrogen) atoms. The number of para-hydroxylation sites is 1. The van der Waals surface area contributed by atoms with Crippen LogP contribution in [0.15, 0.2) is 58.5 Å². The number of ether oxygens (including phenoxy) is 1. The molecule has 0 saturated heterocycles. The first-order chi connectivity index (χ1) is 18.4. The van der Waals surface area contributed by atoms with Crippen molar-refractivity contribution in [3.63, 3.8) is 0 Å². The first-order valence-corrected chi connectivity index (χ1v) is 14.0. The summed E-state index contributed by atoms with van der Waals surface area (Å²) in [7, 11) is 1.43. The van der Waals surface area contributed by atoms with Gasteiger partial charge in [-0.15, -0.1) is 11.3 Å². The molecule has 9 nitrogen and oxygen atoms in total. The summed E-state index contributed by atoms with van der Waals surface area (Å²) >= 11 is 2.74. The van der Waals surface area contributed by atoms with Crippen molar-refractivity contribution in [3.8, 4) is 11.4 Å². The van der Waals surface area contributed by atoms with Crippen molar-refractivity contribution in [2.75, 3.05) is 12.4 Å². The summed E-state index contributed by atoms with van der Waals surface area (Å²) in [6.45, 7) is 1.71. The van der Waals surface area contributed by atoms with Gasteiger partial charge in [-0.1, -0.05) is 36.4 Å². The largest absolute Gasteiger partial charge is 0.495 e. The smallest absolute Gasteiger partial charge is 0.271 e. The number of anilines is 1. The Labute approximate surface area is 227 Å². The second-order valence-electron chi connectivity index (χ2n) is 9.01. The zero-order chi connectivity index (χ0) is 26.8. The molecule has 2 aromatic carbocycles. The molecule has 1 N–H and O–H groups in total. The van der Waals surface area contributed by atoms with Gasteiger partial charge in [-0.05, 0) is 56.4 Å². The Kier molecular flexibility index (Phi) is 7.48. The van der Waals surface area contributed by atoms with Crippen LogP contribution in [0.5, 0.6) is 5.75 Å². The molecule has 1 aliphatic rings. The molecule has 4 aromatic rings. The zero-order valence-corrected chi connectivity index (χ0v) is 22.6. The van der Waals surface area contributed by atoms with Crippen molar-refractivity contribution in [2.45, 2.75) is 49.4 Å². The molecular weight excluding hydrogens is 524 g/mol. The van der Waals surface area contributed by atoms with Crippen molar-refractivity contribution in [1.82, 2.24) is 9.55 Å². The van der Waals surface area contributed by atoms with Gasteiger partial charge >= 0.3 is 0 Å². The number of hydrogen-bond acceptors (Lipinski definition) is 8. The van der Waals surface area contributed by atoms with Gasteiger partial charge in [0.05, 0.1) is 34.0 Å². The molecule has 11 heteroatoms. The van der Waals surface area contributed by atoms with Crippen molar-refractivity contribution >= 4 is 50.6 Å². The van der Waals surface area contributed by atoms with Gasteiger partial charge in [-0.25, -0.2) is 4.98 Å². The van der Waals surface area contributed by atoms with E-state index >= 15 is 0 Å². The summed E-state index contributed by atoms with van der Waals surface area (Å²) < 4.78 is 6.85. The minimum Gasteiger partial charge on any atom is -0.495 e. The highest BCUT2D eigenvalue weighted by molar-refractivity contribution is 8.00. The first kappa shape index (κ1) is 25.9. The van der Waals surface area contributed by atoms with E-state index in [0.29, 0.717) is 26.8 Å². The Morgan fingerprint density at radius 2 is 1.95 bits per heavy atom. The maximum absolute atomic E-state index is 14.0. The van der Waals surface area contributed by atoms with Crippen molar-refractivity contribution in [1.29, 1.82) is 0 Å². The van der Waals surface area contributed by atoms with E-state index in [0.717, 1.165) is 37.7 Å². The molecule has 0 aliphatic heterocycles.